The molecule has 1 amide bonds. The smallest absolute Gasteiger partial charge is 0.306 e. The lowest BCUT2D eigenvalue weighted by Gasteiger charge is -2.24. The van der Waals surface area contributed by atoms with Crippen LogP contribution in [-0.2, 0) is 14.3 Å². The molecular formula is C48H95NO5. The zero-order valence-electron chi connectivity index (χ0n) is 36.6. The summed E-state index contributed by atoms with van der Waals surface area (Å²) in [4.78, 5) is 26.0. The van der Waals surface area contributed by atoms with Crippen molar-refractivity contribution >= 4 is 11.9 Å². The second-order valence-electron chi connectivity index (χ2n) is 16.9. The van der Waals surface area contributed by atoms with E-state index in [1.54, 1.807) is 0 Å². The van der Waals surface area contributed by atoms with Crippen molar-refractivity contribution in [3.05, 3.63) is 0 Å². The summed E-state index contributed by atoms with van der Waals surface area (Å²) >= 11 is 0. The molecule has 0 aliphatic heterocycles. The fourth-order valence-corrected chi connectivity index (χ4v) is 7.73. The van der Waals surface area contributed by atoms with Crippen LogP contribution in [0, 0.1) is 0 Å². The van der Waals surface area contributed by atoms with E-state index >= 15 is 0 Å². The molecule has 3 unspecified atom stereocenters. The molecule has 3 N–H and O–H groups in total. The summed E-state index contributed by atoms with van der Waals surface area (Å²) < 4.78 is 5.91. The lowest BCUT2D eigenvalue weighted by molar-refractivity contribution is -0.151. The summed E-state index contributed by atoms with van der Waals surface area (Å²) in [5, 5.41) is 23.6. The number of hydrogen-bond donors (Lipinski definition) is 3. The van der Waals surface area contributed by atoms with Gasteiger partial charge in [0, 0.05) is 6.42 Å². The molecule has 0 fully saturated rings. The topological polar surface area (TPSA) is 95.9 Å². The molecule has 3 atom stereocenters. The fourth-order valence-electron chi connectivity index (χ4n) is 7.73. The third-order valence-corrected chi connectivity index (χ3v) is 11.4. The number of aliphatic hydroxyl groups is 2. The highest BCUT2D eigenvalue weighted by molar-refractivity contribution is 5.77. The quantitative estimate of drug-likeness (QED) is 0.0424. The van der Waals surface area contributed by atoms with E-state index in [1.807, 2.05) is 0 Å². The predicted octanol–water partition coefficient (Wildman–Crippen LogP) is 14.0. The maximum atomic E-state index is 13.1. The largest absolute Gasteiger partial charge is 0.462 e. The molecule has 54 heavy (non-hydrogen) atoms. The lowest BCUT2D eigenvalue weighted by atomic mass is 10.0. The fraction of sp³-hybridized carbons (Fsp3) is 0.958. The molecule has 0 aliphatic carbocycles. The number of rotatable bonds is 44. The van der Waals surface area contributed by atoms with Crippen LogP contribution in [0.25, 0.3) is 0 Å². The van der Waals surface area contributed by atoms with Gasteiger partial charge in [0.05, 0.1) is 25.2 Å². The monoisotopic (exact) mass is 766 g/mol. The SMILES string of the molecule is CCCCCCCCCCCCCCCCCCC(=O)OC(CCCCCCCCCCCC)CC(=O)NC(CO)C(O)CCCCCCCCCCC. The van der Waals surface area contributed by atoms with Crippen LogP contribution < -0.4 is 5.32 Å². The van der Waals surface area contributed by atoms with Crippen LogP contribution in [0.1, 0.15) is 271 Å². The summed E-state index contributed by atoms with van der Waals surface area (Å²) in [5.41, 5.74) is 0. The number of aliphatic hydroxyl groups excluding tert-OH is 2. The normalized spacial score (nSPS) is 13.2. The molecule has 0 spiro atoms. The molecule has 322 valence electrons. The Balaban J connectivity index is 4.45. The van der Waals surface area contributed by atoms with Crippen LogP contribution in [-0.4, -0.2) is 46.9 Å². The van der Waals surface area contributed by atoms with Crippen LogP contribution in [0.2, 0.25) is 0 Å². The van der Waals surface area contributed by atoms with Crippen molar-refractivity contribution in [3.8, 4) is 0 Å². The van der Waals surface area contributed by atoms with Crippen LogP contribution >= 0.6 is 0 Å². The van der Waals surface area contributed by atoms with E-state index in [0.29, 0.717) is 19.3 Å². The first-order valence-electron chi connectivity index (χ1n) is 24.3. The van der Waals surface area contributed by atoms with Gasteiger partial charge in [-0.3, -0.25) is 9.59 Å². The van der Waals surface area contributed by atoms with Gasteiger partial charge in [0.1, 0.15) is 6.10 Å². The van der Waals surface area contributed by atoms with Gasteiger partial charge in [0.15, 0.2) is 0 Å². The molecule has 0 aromatic carbocycles. The van der Waals surface area contributed by atoms with Gasteiger partial charge in [-0.1, -0.05) is 233 Å². The zero-order valence-corrected chi connectivity index (χ0v) is 36.6. The standard InChI is InChI=1S/C48H95NO5/c1-4-7-10-13-16-19-21-22-23-24-25-26-29-32-35-38-41-48(53)54-44(39-36-33-30-28-20-17-14-11-8-5-2)42-47(52)49-45(43-50)46(51)40-37-34-31-27-18-15-12-9-6-3/h44-46,50-51H,4-43H2,1-3H3,(H,49,52). The highest BCUT2D eigenvalue weighted by atomic mass is 16.5. The minimum atomic E-state index is -0.776. The number of amides is 1. The predicted molar refractivity (Wildman–Crippen MR) is 232 cm³/mol. The van der Waals surface area contributed by atoms with E-state index in [0.717, 1.165) is 38.5 Å². The van der Waals surface area contributed by atoms with Crippen LogP contribution in [0.15, 0.2) is 0 Å². The number of esters is 1. The highest BCUT2D eigenvalue weighted by Gasteiger charge is 2.24. The minimum absolute atomic E-state index is 0.0867. The molecule has 0 aromatic rings. The molecule has 0 bridgehead atoms. The van der Waals surface area contributed by atoms with Gasteiger partial charge in [0.2, 0.25) is 5.91 Å². The molecule has 6 heteroatoms. The Morgan fingerprint density at radius 2 is 0.778 bits per heavy atom. The minimum Gasteiger partial charge on any atom is -0.462 e. The second kappa shape index (κ2) is 43.0. The van der Waals surface area contributed by atoms with Crippen LogP contribution in [0.3, 0.4) is 0 Å². The van der Waals surface area contributed by atoms with E-state index in [1.165, 1.54) is 186 Å². The molecule has 0 saturated carbocycles. The van der Waals surface area contributed by atoms with E-state index < -0.39 is 18.2 Å². The Morgan fingerprint density at radius 3 is 1.13 bits per heavy atom. The first kappa shape index (κ1) is 52.9. The highest BCUT2D eigenvalue weighted by Crippen LogP contribution is 2.18. The van der Waals surface area contributed by atoms with E-state index in [2.05, 4.69) is 26.1 Å². The maximum absolute atomic E-state index is 13.1. The Hall–Kier alpha value is -1.14. The number of carbonyl (C=O) groups excluding carboxylic acids is 2. The van der Waals surface area contributed by atoms with Crippen molar-refractivity contribution in [2.75, 3.05) is 6.61 Å². The van der Waals surface area contributed by atoms with Crippen molar-refractivity contribution < 1.29 is 24.5 Å². The van der Waals surface area contributed by atoms with Gasteiger partial charge in [-0.2, -0.15) is 0 Å². The average molecular weight is 766 g/mol. The van der Waals surface area contributed by atoms with Crippen molar-refractivity contribution in [1.29, 1.82) is 0 Å². The molecule has 0 aliphatic rings. The Kier molecular flexibility index (Phi) is 42.1. The number of nitrogens with one attached hydrogen (secondary N) is 1. The molecule has 0 rings (SSSR count). The summed E-state index contributed by atoms with van der Waals surface area (Å²) in [6.45, 7) is 6.47. The van der Waals surface area contributed by atoms with Crippen molar-refractivity contribution in [1.82, 2.24) is 5.32 Å². The number of hydrogen-bond acceptors (Lipinski definition) is 5. The van der Waals surface area contributed by atoms with Crippen LogP contribution in [0.5, 0.6) is 0 Å². The average Bonchev–Trinajstić information content (AvgIpc) is 3.16. The van der Waals surface area contributed by atoms with E-state index in [4.69, 9.17) is 4.74 Å². The zero-order chi connectivity index (χ0) is 39.6. The third kappa shape index (κ3) is 37.8. The summed E-state index contributed by atoms with van der Waals surface area (Å²) in [6, 6.07) is -0.690. The van der Waals surface area contributed by atoms with E-state index in [9.17, 15) is 19.8 Å². The number of ether oxygens (including phenoxy) is 1. The molecule has 0 radical (unpaired) electrons. The van der Waals surface area contributed by atoms with Gasteiger partial charge < -0.3 is 20.3 Å². The first-order valence-corrected chi connectivity index (χ1v) is 24.3. The molecule has 0 heterocycles. The van der Waals surface area contributed by atoms with Gasteiger partial charge in [0.25, 0.3) is 0 Å². The van der Waals surface area contributed by atoms with Gasteiger partial charge in [-0.25, -0.2) is 0 Å². The molecule has 0 saturated heterocycles. The Morgan fingerprint density at radius 1 is 0.463 bits per heavy atom. The van der Waals surface area contributed by atoms with E-state index in [-0.39, 0.29) is 24.9 Å². The number of carbonyl (C=O) groups is 2. The van der Waals surface area contributed by atoms with Crippen LogP contribution in [0.4, 0.5) is 0 Å². The Labute approximate surface area is 336 Å². The van der Waals surface area contributed by atoms with Crippen molar-refractivity contribution in [2.24, 2.45) is 0 Å². The summed E-state index contributed by atoms with van der Waals surface area (Å²) in [7, 11) is 0. The Bertz CT molecular complexity index is 776. The molecule has 6 nitrogen and oxygen atoms in total. The van der Waals surface area contributed by atoms with Gasteiger partial charge >= 0.3 is 5.97 Å². The van der Waals surface area contributed by atoms with Crippen molar-refractivity contribution in [2.45, 2.75) is 289 Å². The summed E-state index contributed by atoms with van der Waals surface area (Å²) in [6.07, 6.45) is 44.5. The first-order chi connectivity index (χ1) is 26.5. The third-order valence-electron chi connectivity index (χ3n) is 11.4. The molecule has 0 aromatic heterocycles. The molecular weight excluding hydrogens is 671 g/mol. The second-order valence-corrected chi connectivity index (χ2v) is 16.9. The maximum Gasteiger partial charge on any atom is 0.306 e. The lowest BCUT2D eigenvalue weighted by Crippen LogP contribution is -2.46. The van der Waals surface area contributed by atoms with Gasteiger partial charge in [-0.15, -0.1) is 0 Å². The van der Waals surface area contributed by atoms with Gasteiger partial charge in [-0.05, 0) is 25.7 Å². The number of unbranched alkanes of at least 4 members (excludes halogenated alkanes) is 32. The van der Waals surface area contributed by atoms with Crippen molar-refractivity contribution in [3.63, 3.8) is 0 Å². The summed E-state index contributed by atoms with van der Waals surface area (Å²) in [5.74, 6) is -0.457.